The van der Waals surface area contributed by atoms with Gasteiger partial charge in [-0.25, -0.2) is 13.2 Å². The lowest BCUT2D eigenvalue weighted by Crippen LogP contribution is -2.39. The van der Waals surface area contributed by atoms with Crippen molar-refractivity contribution in [2.45, 2.75) is 20.3 Å². The van der Waals surface area contributed by atoms with Crippen LogP contribution < -0.4 is 25.6 Å². The highest BCUT2D eigenvalue weighted by atomic mass is 32.2. The molecule has 35 heavy (non-hydrogen) atoms. The number of urea groups is 1. The molecule has 0 spiro atoms. The van der Waals surface area contributed by atoms with Crippen molar-refractivity contribution < 1.29 is 17.9 Å². The fourth-order valence-corrected chi connectivity index (χ4v) is 4.62. The Kier molecular flexibility index (Phi) is 8.51. The minimum absolute atomic E-state index is 0.162. The highest BCUT2D eigenvalue weighted by molar-refractivity contribution is 7.92. The first-order valence-corrected chi connectivity index (χ1v) is 13.3. The number of aryl methyl sites for hydroxylation is 2. The van der Waals surface area contributed by atoms with Crippen LogP contribution in [0.3, 0.4) is 0 Å². The number of hydrazine groups is 1. The van der Waals surface area contributed by atoms with Crippen molar-refractivity contribution in [2.75, 3.05) is 29.6 Å². The third-order valence-corrected chi connectivity index (χ3v) is 6.23. The first kappa shape index (κ1) is 25.8. The number of ether oxygens (including phenoxy) is 1. The van der Waals surface area contributed by atoms with Crippen molar-refractivity contribution in [3.05, 3.63) is 59.2 Å². The summed E-state index contributed by atoms with van der Waals surface area (Å²) in [6, 6.07) is 14.2. The van der Waals surface area contributed by atoms with Crippen LogP contribution in [0.25, 0.3) is 10.4 Å². The molecule has 2 aromatic carbocycles. The summed E-state index contributed by atoms with van der Waals surface area (Å²) in [6.45, 7) is 4.84. The summed E-state index contributed by atoms with van der Waals surface area (Å²) in [7, 11) is -3.51. The Morgan fingerprint density at radius 3 is 2.69 bits per heavy atom. The molecule has 0 fully saturated rings. The Bertz CT molecular complexity index is 1350. The lowest BCUT2D eigenvalue weighted by molar-refractivity contribution is 0.241. The Morgan fingerprint density at radius 1 is 1.20 bits per heavy atom. The van der Waals surface area contributed by atoms with Crippen LogP contribution in [-0.4, -0.2) is 38.2 Å². The van der Waals surface area contributed by atoms with E-state index in [4.69, 9.17) is 4.74 Å². The monoisotopic (exact) mass is 514 g/mol. The fourth-order valence-electron chi connectivity index (χ4n) is 3.21. The van der Waals surface area contributed by atoms with Crippen LogP contribution in [0.4, 0.5) is 16.3 Å². The molecule has 1 heterocycles. The molecule has 10 nitrogen and oxygen atoms in total. The second kappa shape index (κ2) is 11.5. The molecule has 0 radical (unpaired) electrons. The Hall–Kier alpha value is -3.82. The molecular formula is C23H26N6O4S2. The van der Waals surface area contributed by atoms with E-state index < -0.39 is 16.1 Å². The molecule has 0 saturated heterocycles. The van der Waals surface area contributed by atoms with Gasteiger partial charge in [0, 0.05) is 12.1 Å². The molecule has 3 aromatic rings. The van der Waals surface area contributed by atoms with E-state index in [1.807, 2.05) is 32.0 Å². The zero-order chi connectivity index (χ0) is 25.4. The van der Waals surface area contributed by atoms with Gasteiger partial charge in [0.1, 0.15) is 17.4 Å². The molecule has 0 unspecified atom stereocenters. The van der Waals surface area contributed by atoms with E-state index in [9.17, 15) is 18.5 Å². The van der Waals surface area contributed by atoms with Crippen LogP contribution in [0.15, 0.2) is 42.5 Å². The highest BCUT2D eigenvalue weighted by Gasteiger charge is 2.19. The van der Waals surface area contributed by atoms with E-state index in [0.717, 1.165) is 29.1 Å². The molecule has 184 valence electrons. The number of anilines is 2. The Labute approximate surface area is 208 Å². The van der Waals surface area contributed by atoms with Crippen LogP contribution in [-0.2, 0) is 10.0 Å². The van der Waals surface area contributed by atoms with E-state index in [1.54, 1.807) is 24.3 Å². The molecule has 12 heteroatoms. The van der Waals surface area contributed by atoms with E-state index in [1.165, 1.54) is 5.56 Å². The van der Waals surface area contributed by atoms with Gasteiger partial charge in [-0.2, -0.15) is 9.64 Å². The fraction of sp³-hybridized carbons (Fsp3) is 0.261. The summed E-state index contributed by atoms with van der Waals surface area (Å²) < 4.78 is 35.8. The van der Waals surface area contributed by atoms with Gasteiger partial charge in [0.2, 0.25) is 10.0 Å². The van der Waals surface area contributed by atoms with Crippen LogP contribution in [0.1, 0.15) is 23.1 Å². The van der Waals surface area contributed by atoms with Crippen molar-refractivity contribution >= 4 is 39.1 Å². The molecule has 0 atom stereocenters. The number of benzene rings is 2. The molecule has 2 amide bonds. The average molecular weight is 515 g/mol. The number of sulfonamides is 1. The van der Waals surface area contributed by atoms with Gasteiger partial charge >= 0.3 is 6.03 Å². The normalized spacial score (nSPS) is 10.8. The smallest absolute Gasteiger partial charge is 0.333 e. The number of rotatable bonds is 10. The molecule has 0 aliphatic carbocycles. The maximum Gasteiger partial charge on any atom is 0.333 e. The topological polar surface area (TPSA) is 145 Å². The maximum atomic E-state index is 12.1. The number of carbonyl (C=O) groups is 1. The number of aromatic nitrogens is 1. The third-order valence-electron chi connectivity index (χ3n) is 4.76. The molecule has 3 rings (SSSR count). The molecule has 0 bridgehead atoms. The number of nitrogens with one attached hydrogen (secondary N) is 4. The summed E-state index contributed by atoms with van der Waals surface area (Å²) in [5.41, 5.74) is 8.35. The van der Waals surface area contributed by atoms with E-state index >= 15 is 0 Å². The minimum Gasteiger partial charge on any atom is -0.493 e. The summed E-state index contributed by atoms with van der Waals surface area (Å²) in [5, 5.41) is 12.4. The van der Waals surface area contributed by atoms with Gasteiger partial charge in [0.25, 0.3) is 0 Å². The number of para-hydroxylation sites is 1. The number of nitrogens with zero attached hydrogens (tertiary/aromatic N) is 2. The molecule has 4 N–H and O–H groups in total. The maximum absolute atomic E-state index is 12.1. The van der Waals surface area contributed by atoms with Crippen LogP contribution >= 0.6 is 11.5 Å². The largest absolute Gasteiger partial charge is 0.493 e. The van der Waals surface area contributed by atoms with Gasteiger partial charge in [-0.1, -0.05) is 35.9 Å². The third kappa shape index (κ3) is 7.33. The van der Waals surface area contributed by atoms with Crippen LogP contribution in [0, 0.1) is 25.2 Å². The number of carbonyl (C=O) groups excluding carboxylic acids is 1. The van der Waals surface area contributed by atoms with Gasteiger partial charge in [-0.15, -0.1) is 0 Å². The van der Waals surface area contributed by atoms with Gasteiger partial charge in [-0.05, 0) is 49.5 Å². The predicted molar refractivity (Wildman–Crippen MR) is 137 cm³/mol. The Morgan fingerprint density at radius 2 is 1.97 bits per heavy atom. The first-order chi connectivity index (χ1) is 16.7. The van der Waals surface area contributed by atoms with E-state index in [-0.39, 0.29) is 11.4 Å². The zero-order valence-electron chi connectivity index (χ0n) is 19.5. The highest BCUT2D eigenvalue weighted by Crippen LogP contribution is 2.37. The average Bonchev–Trinajstić information content (AvgIpc) is 3.20. The van der Waals surface area contributed by atoms with Gasteiger partial charge in [0.05, 0.1) is 23.4 Å². The lowest BCUT2D eigenvalue weighted by atomic mass is 10.1. The number of nitriles is 1. The van der Waals surface area contributed by atoms with Crippen molar-refractivity contribution in [3.8, 4) is 22.3 Å². The zero-order valence-corrected chi connectivity index (χ0v) is 21.1. The molecule has 1 aromatic heterocycles. The van der Waals surface area contributed by atoms with Crippen molar-refractivity contribution in [1.82, 2.24) is 15.1 Å². The summed E-state index contributed by atoms with van der Waals surface area (Å²) >= 11 is 1.01. The standard InChI is InChI=1S/C23H26N6O4S2/c1-15-9-10-20(16(2)13-15)33-12-6-11-25-23(30)27-26-22-18(14-24)21(34-28-22)17-7-4-5-8-19(17)29-35(3,31)32/h4-5,7-10,13,29H,6,11-12H2,1-3H3,(H,26,28)(H2,25,27,30). The number of hydrogen-bond donors (Lipinski definition) is 4. The molecule has 0 aliphatic heterocycles. The van der Waals surface area contributed by atoms with Crippen molar-refractivity contribution in [3.63, 3.8) is 0 Å². The van der Waals surface area contributed by atoms with Gasteiger partial charge in [0.15, 0.2) is 5.82 Å². The van der Waals surface area contributed by atoms with Gasteiger partial charge in [-0.3, -0.25) is 15.6 Å². The second-order valence-corrected chi connectivity index (χ2v) is 10.3. The SMILES string of the molecule is Cc1ccc(OCCCNC(=O)NNc2nsc(-c3ccccc3NS(C)(=O)=O)c2C#N)c(C)c1. The molecule has 0 aliphatic rings. The lowest BCUT2D eigenvalue weighted by Gasteiger charge is -2.11. The van der Waals surface area contributed by atoms with Crippen LogP contribution in [0.2, 0.25) is 0 Å². The van der Waals surface area contributed by atoms with E-state index in [0.29, 0.717) is 35.7 Å². The summed E-state index contributed by atoms with van der Waals surface area (Å²) in [4.78, 5) is 12.6. The number of amides is 2. The second-order valence-electron chi connectivity index (χ2n) is 7.74. The summed E-state index contributed by atoms with van der Waals surface area (Å²) in [5.74, 6) is 0.980. The number of hydrogen-bond acceptors (Lipinski definition) is 8. The van der Waals surface area contributed by atoms with Crippen molar-refractivity contribution in [2.24, 2.45) is 0 Å². The van der Waals surface area contributed by atoms with Crippen LogP contribution in [0.5, 0.6) is 5.75 Å². The van der Waals surface area contributed by atoms with Crippen molar-refractivity contribution in [1.29, 1.82) is 5.26 Å². The molecular weight excluding hydrogens is 488 g/mol. The summed E-state index contributed by atoms with van der Waals surface area (Å²) in [6.07, 6.45) is 1.65. The van der Waals surface area contributed by atoms with Gasteiger partial charge < -0.3 is 10.1 Å². The minimum atomic E-state index is -3.51. The van der Waals surface area contributed by atoms with E-state index in [2.05, 4.69) is 31.3 Å². The predicted octanol–water partition coefficient (Wildman–Crippen LogP) is 3.77. The quantitative estimate of drug-likeness (QED) is 0.238. The molecule has 0 saturated carbocycles. The Balaban J connectivity index is 1.53. The first-order valence-electron chi connectivity index (χ1n) is 10.6.